The van der Waals surface area contributed by atoms with Crippen LogP contribution < -0.4 is 9.47 Å². The van der Waals surface area contributed by atoms with Gasteiger partial charge in [-0.15, -0.1) is 0 Å². The van der Waals surface area contributed by atoms with Gasteiger partial charge in [0.15, 0.2) is 11.5 Å². The van der Waals surface area contributed by atoms with Gasteiger partial charge in [0.05, 0.1) is 18.1 Å². The Labute approximate surface area is 191 Å². The number of benzene rings is 2. The minimum absolute atomic E-state index is 0.199. The Morgan fingerprint density at radius 3 is 2.58 bits per heavy atom. The number of carbonyl (C=O) groups is 2. The highest BCUT2D eigenvalue weighted by molar-refractivity contribution is 8.26. The summed E-state index contributed by atoms with van der Waals surface area (Å²) in [4.78, 5) is 26.3. The predicted octanol–water partition coefficient (Wildman–Crippen LogP) is 4.43. The lowest BCUT2D eigenvalue weighted by atomic mass is 10.1. The Balaban J connectivity index is 1.71. The predicted molar refractivity (Wildman–Crippen MR) is 125 cm³/mol. The number of thiocarbonyl (C=S) groups is 1. The number of methoxy groups -OCH3 is 1. The van der Waals surface area contributed by atoms with Crippen LogP contribution in [0.5, 0.6) is 11.5 Å². The van der Waals surface area contributed by atoms with Gasteiger partial charge in [0.25, 0.3) is 5.91 Å². The van der Waals surface area contributed by atoms with E-state index in [9.17, 15) is 9.59 Å². The van der Waals surface area contributed by atoms with Crippen LogP contribution in [-0.2, 0) is 20.9 Å². The van der Waals surface area contributed by atoms with Crippen molar-refractivity contribution in [3.8, 4) is 11.5 Å². The van der Waals surface area contributed by atoms with Crippen LogP contribution in [0.15, 0.2) is 53.4 Å². The minimum Gasteiger partial charge on any atom is -0.493 e. The smallest absolute Gasteiger partial charge is 0.326 e. The fourth-order valence-electron chi connectivity index (χ4n) is 2.85. The number of thioether (sulfide) groups is 1. The molecule has 1 fully saturated rings. The summed E-state index contributed by atoms with van der Waals surface area (Å²) in [5.74, 6) is 0.348. The maximum atomic E-state index is 12.7. The Morgan fingerprint density at radius 1 is 1.16 bits per heavy atom. The fourth-order valence-corrected chi connectivity index (χ4v) is 4.10. The lowest BCUT2D eigenvalue weighted by Crippen LogP contribution is -2.35. The second kappa shape index (κ2) is 10.5. The van der Waals surface area contributed by atoms with Crippen molar-refractivity contribution in [2.24, 2.45) is 0 Å². The van der Waals surface area contributed by atoms with E-state index in [4.69, 9.17) is 26.4 Å². The molecule has 1 saturated heterocycles. The van der Waals surface area contributed by atoms with Crippen molar-refractivity contribution in [3.05, 3.63) is 64.6 Å². The second-order valence-corrected chi connectivity index (χ2v) is 8.67. The highest BCUT2D eigenvalue weighted by atomic mass is 32.2. The van der Waals surface area contributed by atoms with Gasteiger partial charge in [-0.1, -0.05) is 60.4 Å². The van der Waals surface area contributed by atoms with Gasteiger partial charge in [-0.25, -0.2) is 0 Å². The van der Waals surface area contributed by atoms with E-state index in [2.05, 4.69) is 0 Å². The van der Waals surface area contributed by atoms with Gasteiger partial charge in [-0.3, -0.25) is 14.5 Å². The van der Waals surface area contributed by atoms with Gasteiger partial charge in [-0.2, -0.15) is 0 Å². The Hall–Kier alpha value is -2.84. The van der Waals surface area contributed by atoms with Gasteiger partial charge in [-0.05, 0) is 43.2 Å². The fraction of sp³-hybridized carbons (Fsp3) is 0.261. The second-order valence-electron chi connectivity index (χ2n) is 6.99. The minimum atomic E-state index is -0.492. The van der Waals surface area contributed by atoms with Gasteiger partial charge >= 0.3 is 5.97 Å². The van der Waals surface area contributed by atoms with Gasteiger partial charge in [0.2, 0.25) is 0 Å². The molecule has 1 aliphatic rings. The average molecular weight is 458 g/mol. The molecule has 0 bridgehead atoms. The molecule has 6 nitrogen and oxygen atoms in total. The van der Waals surface area contributed by atoms with E-state index in [1.165, 1.54) is 4.90 Å². The van der Waals surface area contributed by atoms with E-state index in [0.29, 0.717) is 27.3 Å². The largest absolute Gasteiger partial charge is 0.493 e. The molecule has 1 amide bonds. The van der Waals surface area contributed by atoms with Gasteiger partial charge in [0, 0.05) is 0 Å². The van der Waals surface area contributed by atoms with Crippen LogP contribution in [0.25, 0.3) is 6.08 Å². The monoisotopic (exact) mass is 457 g/mol. The first-order valence-electron chi connectivity index (χ1n) is 9.67. The van der Waals surface area contributed by atoms with Crippen LogP contribution in [0.3, 0.4) is 0 Å². The van der Waals surface area contributed by atoms with Crippen LogP contribution in [-0.4, -0.2) is 40.9 Å². The molecule has 2 aromatic carbocycles. The van der Waals surface area contributed by atoms with E-state index in [-0.39, 0.29) is 18.6 Å². The number of ether oxygens (including phenoxy) is 3. The van der Waals surface area contributed by atoms with Crippen molar-refractivity contribution < 1.29 is 23.8 Å². The van der Waals surface area contributed by atoms with Crippen molar-refractivity contribution in [2.45, 2.75) is 26.6 Å². The van der Waals surface area contributed by atoms with E-state index >= 15 is 0 Å². The third kappa shape index (κ3) is 6.08. The summed E-state index contributed by atoms with van der Waals surface area (Å²) in [6.07, 6.45) is 1.47. The normalized spacial score (nSPS) is 15.0. The van der Waals surface area contributed by atoms with Crippen LogP contribution in [0, 0.1) is 0 Å². The molecule has 0 saturated carbocycles. The Morgan fingerprint density at radius 2 is 1.90 bits per heavy atom. The molecular formula is C23H23NO5S2. The number of esters is 1. The van der Waals surface area contributed by atoms with Crippen molar-refractivity contribution in [3.63, 3.8) is 0 Å². The first-order valence-corrected chi connectivity index (χ1v) is 10.9. The van der Waals surface area contributed by atoms with Gasteiger partial charge in [0.1, 0.15) is 17.5 Å². The summed E-state index contributed by atoms with van der Waals surface area (Å²) in [6, 6.07) is 15.3. The summed E-state index contributed by atoms with van der Waals surface area (Å²) >= 11 is 6.42. The molecular weight excluding hydrogens is 434 g/mol. The summed E-state index contributed by atoms with van der Waals surface area (Å²) in [5.41, 5.74) is 1.81. The summed E-state index contributed by atoms with van der Waals surface area (Å²) in [7, 11) is 1.56. The molecule has 0 N–H and O–H groups in total. The molecule has 3 rings (SSSR count). The third-order valence-corrected chi connectivity index (χ3v) is 5.63. The van der Waals surface area contributed by atoms with Crippen LogP contribution in [0.2, 0.25) is 0 Å². The standard InChI is InChI=1S/C23H23NO5S2/c1-15(2)29-21(25)13-24-22(26)20(31-23(24)30)12-17-9-10-18(19(11-17)27-3)28-14-16-7-5-4-6-8-16/h4-12,15H,13-14H2,1-3H3. The summed E-state index contributed by atoms with van der Waals surface area (Å²) < 4.78 is 16.8. The number of nitrogens with zero attached hydrogens (tertiary/aromatic N) is 1. The summed E-state index contributed by atoms with van der Waals surface area (Å²) in [6.45, 7) is 3.73. The quantitative estimate of drug-likeness (QED) is 0.330. The van der Waals surface area contributed by atoms with E-state index in [0.717, 1.165) is 22.9 Å². The molecule has 1 heterocycles. The van der Waals surface area contributed by atoms with E-state index in [1.807, 2.05) is 36.4 Å². The molecule has 8 heteroatoms. The molecule has 1 aliphatic heterocycles. The van der Waals surface area contributed by atoms with Crippen molar-refractivity contribution in [2.75, 3.05) is 13.7 Å². The molecule has 162 valence electrons. The number of hydrogen-bond donors (Lipinski definition) is 0. The lowest BCUT2D eigenvalue weighted by molar-refractivity contribution is -0.149. The van der Waals surface area contributed by atoms with Crippen molar-refractivity contribution in [1.82, 2.24) is 4.90 Å². The highest BCUT2D eigenvalue weighted by Gasteiger charge is 2.34. The number of carbonyl (C=O) groups excluding carboxylic acids is 2. The SMILES string of the molecule is COc1cc(C=C2SC(=S)N(CC(=O)OC(C)C)C2=O)ccc1OCc1ccccc1. The van der Waals surface area contributed by atoms with Crippen LogP contribution in [0.4, 0.5) is 0 Å². The first kappa shape index (κ1) is 22.8. The molecule has 0 aliphatic carbocycles. The molecule has 0 unspecified atom stereocenters. The molecule has 2 aromatic rings. The maximum Gasteiger partial charge on any atom is 0.326 e. The zero-order valence-corrected chi connectivity index (χ0v) is 19.1. The molecule has 0 spiro atoms. The molecule has 0 radical (unpaired) electrons. The average Bonchev–Trinajstić information content (AvgIpc) is 3.00. The van der Waals surface area contributed by atoms with E-state index in [1.54, 1.807) is 39.2 Å². The highest BCUT2D eigenvalue weighted by Crippen LogP contribution is 2.35. The molecule has 0 atom stereocenters. The Kier molecular flexibility index (Phi) is 7.70. The number of hydrogen-bond acceptors (Lipinski definition) is 7. The number of rotatable bonds is 8. The van der Waals surface area contributed by atoms with E-state index < -0.39 is 5.97 Å². The lowest BCUT2D eigenvalue weighted by Gasteiger charge is -2.15. The van der Waals surface area contributed by atoms with Crippen molar-refractivity contribution in [1.29, 1.82) is 0 Å². The molecule has 31 heavy (non-hydrogen) atoms. The zero-order chi connectivity index (χ0) is 22.4. The summed E-state index contributed by atoms with van der Waals surface area (Å²) in [5, 5.41) is 0. The Bertz CT molecular complexity index is 1000. The van der Waals surface area contributed by atoms with Gasteiger partial charge < -0.3 is 14.2 Å². The molecule has 0 aromatic heterocycles. The number of amides is 1. The van der Waals surface area contributed by atoms with Crippen molar-refractivity contribution >= 4 is 46.3 Å². The third-order valence-electron chi connectivity index (χ3n) is 4.25. The maximum absolute atomic E-state index is 12.7. The topological polar surface area (TPSA) is 65.1 Å². The zero-order valence-electron chi connectivity index (χ0n) is 17.5. The van der Waals surface area contributed by atoms with Crippen LogP contribution >= 0.6 is 24.0 Å². The first-order chi connectivity index (χ1) is 14.9. The van der Waals surface area contributed by atoms with Crippen LogP contribution in [0.1, 0.15) is 25.0 Å².